The van der Waals surface area contributed by atoms with Crippen molar-refractivity contribution >= 4 is 15.9 Å². The highest BCUT2D eigenvalue weighted by Gasteiger charge is 2.02. The van der Waals surface area contributed by atoms with E-state index in [1.807, 2.05) is 0 Å². The van der Waals surface area contributed by atoms with E-state index < -0.39 is 0 Å². The number of halogens is 1. The Kier molecular flexibility index (Phi) is 2.55. The summed E-state index contributed by atoms with van der Waals surface area (Å²) in [6.07, 6.45) is 5.13. The lowest BCUT2D eigenvalue weighted by Gasteiger charge is -2.00. The van der Waals surface area contributed by atoms with Gasteiger partial charge < -0.3 is 5.73 Å². The lowest BCUT2D eigenvalue weighted by molar-refractivity contribution is 0.790. The van der Waals surface area contributed by atoms with Gasteiger partial charge in [0.25, 0.3) is 5.95 Å². The second-order valence-corrected chi connectivity index (χ2v) is 3.57. The maximum Gasteiger partial charge on any atom is 0.250 e. The molecule has 5 nitrogen and oxygen atoms in total. The molecule has 2 heterocycles. The average Bonchev–Trinajstić information content (AvgIpc) is 2.65. The van der Waals surface area contributed by atoms with Gasteiger partial charge in [-0.25, -0.2) is 14.6 Å². The molecule has 0 aliphatic heterocycles. The Balaban J connectivity index is 2.41. The first-order valence-corrected chi connectivity index (χ1v) is 4.81. The Labute approximate surface area is 89.1 Å². The van der Waals surface area contributed by atoms with Crippen LogP contribution in [0.5, 0.6) is 0 Å². The molecule has 0 spiro atoms. The minimum atomic E-state index is 0.401. The van der Waals surface area contributed by atoms with E-state index in [-0.39, 0.29) is 0 Å². The van der Waals surface area contributed by atoms with E-state index in [9.17, 15) is 0 Å². The van der Waals surface area contributed by atoms with Gasteiger partial charge in [0, 0.05) is 18.9 Å². The number of aromatic nitrogens is 4. The second-order valence-electron chi connectivity index (χ2n) is 2.66. The molecule has 0 bridgehead atoms. The lowest BCUT2D eigenvalue weighted by Crippen LogP contribution is -2.06. The normalized spacial score (nSPS) is 10.4. The highest BCUT2D eigenvalue weighted by atomic mass is 79.9. The van der Waals surface area contributed by atoms with Crippen molar-refractivity contribution in [3.63, 3.8) is 0 Å². The van der Waals surface area contributed by atoms with Crippen molar-refractivity contribution in [2.75, 3.05) is 0 Å². The molecule has 0 amide bonds. The van der Waals surface area contributed by atoms with Gasteiger partial charge >= 0.3 is 0 Å². The molecule has 2 N–H and O–H groups in total. The van der Waals surface area contributed by atoms with Crippen LogP contribution >= 0.6 is 15.9 Å². The zero-order valence-corrected chi connectivity index (χ0v) is 8.85. The molecule has 0 aromatic carbocycles. The smallest absolute Gasteiger partial charge is 0.250 e. The van der Waals surface area contributed by atoms with Crippen molar-refractivity contribution in [3.05, 3.63) is 34.8 Å². The van der Waals surface area contributed by atoms with Gasteiger partial charge in [-0.1, -0.05) is 0 Å². The quantitative estimate of drug-likeness (QED) is 0.863. The predicted molar refractivity (Wildman–Crippen MR) is 54.7 cm³/mol. The van der Waals surface area contributed by atoms with Crippen LogP contribution in [-0.4, -0.2) is 19.7 Å². The molecule has 2 aromatic rings. The molecule has 14 heavy (non-hydrogen) atoms. The fraction of sp³-hybridized carbons (Fsp3) is 0.125. The van der Waals surface area contributed by atoms with Crippen molar-refractivity contribution in [1.29, 1.82) is 0 Å². The van der Waals surface area contributed by atoms with Crippen molar-refractivity contribution in [1.82, 2.24) is 19.7 Å². The van der Waals surface area contributed by atoms with E-state index in [0.717, 1.165) is 10.2 Å². The third-order valence-electron chi connectivity index (χ3n) is 1.67. The van der Waals surface area contributed by atoms with Gasteiger partial charge in [0.05, 0.1) is 16.4 Å². The van der Waals surface area contributed by atoms with E-state index in [2.05, 4.69) is 31.0 Å². The minimum absolute atomic E-state index is 0.401. The lowest BCUT2D eigenvalue weighted by atomic mass is 10.4. The van der Waals surface area contributed by atoms with Crippen LogP contribution in [0.1, 0.15) is 5.69 Å². The van der Waals surface area contributed by atoms with Crippen LogP contribution in [0.4, 0.5) is 0 Å². The molecule has 6 heteroatoms. The third kappa shape index (κ3) is 1.80. The van der Waals surface area contributed by atoms with Crippen LogP contribution in [0.3, 0.4) is 0 Å². The molecule has 0 aliphatic carbocycles. The number of hydrogen-bond donors (Lipinski definition) is 1. The first kappa shape index (κ1) is 9.29. The zero-order valence-electron chi connectivity index (χ0n) is 7.26. The molecule has 0 radical (unpaired) electrons. The molecular weight excluding hydrogens is 246 g/mol. The second kappa shape index (κ2) is 3.85. The van der Waals surface area contributed by atoms with Crippen molar-refractivity contribution in [2.24, 2.45) is 5.73 Å². The predicted octanol–water partition coefficient (Wildman–Crippen LogP) is 0.884. The van der Waals surface area contributed by atoms with E-state index in [0.29, 0.717) is 12.5 Å². The van der Waals surface area contributed by atoms with E-state index >= 15 is 0 Å². The Hall–Kier alpha value is -1.27. The summed E-state index contributed by atoms with van der Waals surface area (Å²) in [4.78, 5) is 8.30. The summed E-state index contributed by atoms with van der Waals surface area (Å²) in [6.45, 7) is 0.401. The van der Waals surface area contributed by atoms with E-state index in [1.165, 1.54) is 0 Å². The van der Waals surface area contributed by atoms with Gasteiger partial charge in [-0.05, 0) is 22.0 Å². The summed E-state index contributed by atoms with van der Waals surface area (Å²) in [5.74, 6) is 0.527. The van der Waals surface area contributed by atoms with E-state index in [4.69, 9.17) is 5.73 Å². The Bertz CT molecular complexity index is 439. The van der Waals surface area contributed by atoms with Crippen LogP contribution in [0, 0.1) is 0 Å². The summed E-state index contributed by atoms with van der Waals surface area (Å²) in [7, 11) is 0. The van der Waals surface area contributed by atoms with Crippen molar-refractivity contribution in [3.8, 4) is 5.95 Å². The summed E-state index contributed by atoms with van der Waals surface area (Å²) in [5, 5.41) is 4.07. The first-order valence-electron chi connectivity index (χ1n) is 4.02. The first-order chi connectivity index (χ1) is 6.79. The Morgan fingerprint density at radius 3 is 3.00 bits per heavy atom. The zero-order chi connectivity index (χ0) is 9.97. The topological polar surface area (TPSA) is 69.6 Å². The van der Waals surface area contributed by atoms with Crippen molar-refractivity contribution in [2.45, 2.75) is 6.54 Å². The molecule has 72 valence electrons. The number of hydrogen-bond acceptors (Lipinski definition) is 4. The molecule has 2 aromatic heterocycles. The fourth-order valence-electron chi connectivity index (χ4n) is 1.02. The molecule has 2 rings (SSSR count). The highest BCUT2D eigenvalue weighted by molar-refractivity contribution is 9.10. The van der Waals surface area contributed by atoms with Crippen LogP contribution in [0.25, 0.3) is 5.95 Å². The van der Waals surface area contributed by atoms with Crippen LogP contribution in [0.15, 0.2) is 29.1 Å². The maximum absolute atomic E-state index is 5.47. The van der Waals surface area contributed by atoms with Gasteiger partial charge in [-0.15, -0.1) is 0 Å². The SMILES string of the molecule is NCc1ccnc(-n2cc(Br)cn2)n1. The Morgan fingerprint density at radius 2 is 2.36 bits per heavy atom. The summed E-state index contributed by atoms with van der Waals surface area (Å²) >= 11 is 3.30. The van der Waals surface area contributed by atoms with Gasteiger partial charge in [0.2, 0.25) is 0 Å². The highest BCUT2D eigenvalue weighted by Crippen LogP contribution is 2.09. The van der Waals surface area contributed by atoms with Gasteiger partial charge in [0.15, 0.2) is 0 Å². The molecule has 0 atom stereocenters. The molecule has 0 unspecified atom stereocenters. The number of rotatable bonds is 2. The molecular formula is C8H8BrN5. The minimum Gasteiger partial charge on any atom is -0.325 e. The van der Waals surface area contributed by atoms with Crippen LogP contribution in [-0.2, 0) is 6.54 Å². The van der Waals surface area contributed by atoms with Gasteiger partial charge in [-0.2, -0.15) is 5.10 Å². The number of nitrogens with zero attached hydrogens (tertiary/aromatic N) is 4. The Morgan fingerprint density at radius 1 is 1.50 bits per heavy atom. The van der Waals surface area contributed by atoms with Crippen LogP contribution < -0.4 is 5.73 Å². The largest absolute Gasteiger partial charge is 0.325 e. The van der Waals surface area contributed by atoms with E-state index in [1.54, 1.807) is 29.3 Å². The average molecular weight is 254 g/mol. The summed E-state index contributed by atoms with van der Waals surface area (Å²) in [6, 6.07) is 1.78. The number of nitrogens with two attached hydrogens (primary N) is 1. The third-order valence-corrected chi connectivity index (χ3v) is 2.08. The molecule has 0 saturated carbocycles. The summed E-state index contributed by atoms with van der Waals surface area (Å²) < 4.78 is 2.47. The molecule has 0 fully saturated rings. The maximum atomic E-state index is 5.47. The molecule has 0 saturated heterocycles. The van der Waals surface area contributed by atoms with Crippen LogP contribution in [0.2, 0.25) is 0 Å². The van der Waals surface area contributed by atoms with Gasteiger partial charge in [-0.3, -0.25) is 0 Å². The molecule has 0 aliphatic rings. The fourth-order valence-corrected chi connectivity index (χ4v) is 1.30. The van der Waals surface area contributed by atoms with Gasteiger partial charge in [0.1, 0.15) is 0 Å². The standard InChI is InChI=1S/C8H8BrN5/c9-6-4-12-14(5-6)8-11-2-1-7(3-10)13-8/h1-2,4-5H,3,10H2. The summed E-state index contributed by atoms with van der Waals surface area (Å²) in [5.41, 5.74) is 6.27. The monoisotopic (exact) mass is 253 g/mol. The van der Waals surface area contributed by atoms with Crippen molar-refractivity contribution < 1.29 is 0 Å².